The van der Waals surface area contributed by atoms with E-state index in [1.165, 1.54) is 12.1 Å². The van der Waals surface area contributed by atoms with Crippen LogP contribution in [0.25, 0.3) is 33.5 Å². The highest BCUT2D eigenvalue weighted by Crippen LogP contribution is 2.36. The van der Waals surface area contributed by atoms with Gasteiger partial charge < -0.3 is 30.4 Å². The number of carbonyl (C=O) groups excluding carboxylic acids is 1. The van der Waals surface area contributed by atoms with Gasteiger partial charge in [0.1, 0.15) is 24.0 Å². The maximum atomic E-state index is 14.9. The van der Waals surface area contributed by atoms with Crippen molar-refractivity contribution < 1.29 is 19.0 Å². The fourth-order valence-corrected chi connectivity index (χ4v) is 4.30. The zero-order valence-corrected chi connectivity index (χ0v) is 21.7. The number of likely N-dealkylation sites (N-methyl/N-ethyl adjacent to an activating group) is 1. The number of phenolic OH excluding ortho intramolecular Hbond substituents is 1. The number of aromatic hydroxyl groups is 1. The van der Waals surface area contributed by atoms with Crippen LogP contribution in [0.5, 0.6) is 11.6 Å². The molecule has 0 aliphatic carbocycles. The summed E-state index contributed by atoms with van der Waals surface area (Å²) >= 11 is 0. The number of H-pyrrole nitrogens is 1. The third-order valence-corrected chi connectivity index (χ3v) is 6.43. The second kappa shape index (κ2) is 11.5. The van der Waals surface area contributed by atoms with E-state index in [2.05, 4.69) is 30.6 Å². The molecule has 0 saturated carbocycles. The van der Waals surface area contributed by atoms with Crippen LogP contribution in [-0.2, 0) is 0 Å². The highest BCUT2D eigenvalue weighted by atomic mass is 19.1. The van der Waals surface area contributed by atoms with E-state index in [1.54, 1.807) is 30.7 Å². The Balaban J connectivity index is 1.38. The monoisotopic (exact) mass is 531 g/mol. The van der Waals surface area contributed by atoms with Gasteiger partial charge in [-0.2, -0.15) is 0 Å². The number of ether oxygens (including phenoxy) is 1. The van der Waals surface area contributed by atoms with Crippen molar-refractivity contribution in [3.8, 4) is 34.1 Å². The molecule has 1 aliphatic rings. The van der Waals surface area contributed by atoms with Crippen molar-refractivity contribution in [2.45, 2.75) is 12.5 Å². The molecule has 2 aromatic carbocycles. The quantitative estimate of drug-likeness (QED) is 0.247. The molecule has 3 heterocycles. The number of hydrogen-bond acceptors (Lipinski definition) is 8. The number of rotatable bonds is 10. The minimum absolute atomic E-state index is 0.000266. The van der Waals surface area contributed by atoms with Gasteiger partial charge in [-0.25, -0.2) is 14.4 Å². The summed E-state index contributed by atoms with van der Waals surface area (Å²) < 4.78 is 20.8. The van der Waals surface area contributed by atoms with E-state index in [9.17, 15) is 14.3 Å². The van der Waals surface area contributed by atoms with Crippen LogP contribution in [0.1, 0.15) is 16.8 Å². The van der Waals surface area contributed by atoms with Crippen LogP contribution in [0.15, 0.2) is 53.7 Å². The summed E-state index contributed by atoms with van der Waals surface area (Å²) in [7, 11) is 3.93. The van der Waals surface area contributed by atoms with E-state index in [4.69, 9.17) is 4.74 Å². The van der Waals surface area contributed by atoms with E-state index >= 15 is 0 Å². The Labute approximate surface area is 225 Å². The van der Waals surface area contributed by atoms with Crippen LogP contribution in [0.2, 0.25) is 0 Å². The molecule has 5 rings (SSSR count). The molecule has 202 valence electrons. The summed E-state index contributed by atoms with van der Waals surface area (Å²) in [5.74, 6) is -0.353. The average Bonchev–Trinajstić information content (AvgIpc) is 3.58. The summed E-state index contributed by atoms with van der Waals surface area (Å²) in [5, 5.41) is 16.5. The Hall–Kier alpha value is -4.51. The van der Waals surface area contributed by atoms with Crippen LogP contribution in [0, 0.1) is 5.82 Å². The number of amides is 1. The Morgan fingerprint density at radius 2 is 2.10 bits per heavy atom. The van der Waals surface area contributed by atoms with Crippen molar-refractivity contribution in [2.75, 3.05) is 40.3 Å². The largest absolute Gasteiger partial charge is 0.507 e. The Bertz CT molecular complexity index is 1510. The van der Waals surface area contributed by atoms with Gasteiger partial charge in [0.05, 0.1) is 35.0 Å². The maximum absolute atomic E-state index is 14.9. The molecule has 1 aliphatic heterocycles. The number of halogens is 1. The van der Waals surface area contributed by atoms with Gasteiger partial charge in [0.15, 0.2) is 0 Å². The van der Waals surface area contributed by atoms with Gasteiger partial charge in [0, 0.05) is 37.0 Å². The average molecular weight is 532 g/mol. The predicted octanol–water partition coefficient (Wildman–Crippen LogP) is 3.20. The minimum atomic E-state index is -0.662. The SMILES string of the molecule is CN(C)CCOc1ncccc1-c1ccc(O)c(-c2nc3cc(C(=O)NCCC4CN=CN4)c(F)cc3[nH]2)c1. The zero-order valence-electron chi connectivity index (χ0n) is 21.7. The molecule has 4 aromatic rings. The number of imidazole rings is 1. The van der Waals surface area contributed by atoms with Gasteiger partial charge in [0.25, 0.3) is 5.91 Å². The smallest absolute Gasteiger partial charge is 0.254 e. The molecule has 0 radical (unpaired) electrons. The summed E-state index contributed by atoms with van der Waals surface area (Å²) in [6.07, 6.45) is 3.99. The molecule has 0 fully saturated rings. The minimum Gasteiger partial charge on any atom is -0.507 e. The molecule has 10 nitrogen and oxygen atoms in total. The molecule has 0 spiro atoms. The molecule has 1 amide bonds. The molecule has 4 N–H and O–H groups in total. The van der Waals surface area contributed by atoms with Crippen LogP contribution < -0.4 is 15.4 Å². The highest BCUT2D eigenvalue weighted by molar-refractivity contribution is 5.98. The Morgan fingerprint density at radius 1 is 1.23 bits per heavy atom. The standard InChI is InChI=1S/C28H30FN7O3/c1-36(2)10-11-39-28-19(4-3-8-32-28)17-5-6-25(37)21(12-17)26-34-23-13-20(22(29)14-24(23)35-26)27(38)31-9-7-18-15-30-16-33-18/h3-6,8,12-14,16,18,37H,7,9-11,15H2,1-2H3,(H,30,33)(H,31,38)(H,34,35). The first kappa shape index (κ1) is 26.1. The number of aliphatic imine (C=N–C) groups is 1. The van der Waals surface area contributed by atoms with Gasteiger partial charge in [-0.1, -0.05) is 6.07 Å². The molecule has 1 atom stereocenters. The number of nitrogens with zero attached hydrogens (tertiary/aromatic N) is 4. The van der Waals surface area contributed by atoms with Crippen molar-refractivity contribution in [1.82, 2.24) is 30.5 Å². The van der Waals surface area contributed by atoms with Crippen LogP contribution in [0.3, 0.4) is 0 Å². The summed E-state index contributed by atoms with van der Waals surface area (Å²) in [5.41, 5.74) is 2.67. The van der Waals surface area contributed by atoms with E-state index in [0.29, 0.717) is 54.4 Å². The molecular weight excluding hydrogens is 501 g/mol. The number of aromatic nitrogens is 3. The van der Waals surface area contributed by atoms with Crippen molar-refractivity contribution in [2.24, 2.45) is 4.99 Å². The fourth-order valence-electron chi connectivity index (χ4n) is 4.30. The lowest BCUT2D eigenvalue weighted by Crippen LogP contribution is -2.32. The van der Waals surface area contributed by atoms with Crippen LogP contribution >= 0.6 is 0 Å². The second-order valence-corrected chi connectivity index (χ2v) is 9.58. The fraction of sp³-hybridized carbons (Fsp3) is 0.286. The number of aromatic amines is 1. The van der Waals surface area contributed by atoms with Gasteiger partial charge in [-0.3, -0.25) is 9.79 Å². The first-order valence-electron chi connectivity index (χ1n) is 12.7. The topological polar surface area (TPSA) is 128 Å². The number of pyridine rings is 1. The summed E-state index contributed by atoms with van der Waals surface area (Å²) in [6.45, 7) is 2.25. The van der Waals surface area contributed by atoms with E-state index in [-0.39, 0.29) is 17.4 Å². The van der Waals surface area contributed by atoms with Crippen LogP contribution in [-0.4, -0.2) is 83.6 Å². The summed E-state index contributed by atoms with van der Waals surface area (Å²) in [6, 6.07) is 11.6. The first-order valence-corrected chi connectivity index (χ1v) is 12.7. The number of hydrogen-bond donors (Lipinski definition) is 4. The molecule has 11 heteroatoms. The summed E-state index contributed by atoms with van der Waals surface area (Å²) in [4.78, 5) is 30.8. The molecule has 0 bridgehead atoms. The van der Waals surface area contributed by atoms with E-state index < -0.39 is 11.7 Å². The van der Waals surface area contributed by atoms with Gasteiger partial charge >= 0.3 is 0 Å². The lowest BCUT2D eigenvalue weighted by atomic mass is 10.0. The Kier molecular flexibility index (Phi) is 7.69. The molecule has 2 aromatic heterocycles. The van der Waals surface area contributed by atoms with Crippen molar-refractivity contribution in [3.05, 3.63) is 60.0 Å². The normalized spacial score (nSPS) is 14.6. The van der Waals surface area contributed by atoms with Crippen LogP contribution in [0.4, 0.5) is 4.39 Å². The lowest BCUT2D eigenvalue weighted by molar-refractivity contribution is 0.0948. The van der Waals surface area contributed by atoms with Crippen molar-refractivity contribution in [1.29, 1.82) is 0 Å². The maximum Gasteiger partial charge on any atom is 0.254 e. The van der Waals surface area contributed by atoms with Gasteiger partial charge in [-0.15, -0.1) is 0 Å². The first-order chi connectivity index (χ1) is 18.9. The molecule has 39 heavy (non-hydrogen) atoms. The number of nitrogens with one attached hydrogen (secondary N) is 3. The zero-order chi connectivity index (χ0) is 27.4. The van der Waals surface area contributed by atoms with E-state index in [0.717, 1.165) is 17.7 Å². The van der Waals surface area contributed by atoms with Gasteiger partial charge in [0.2, 0.25) is 5.88 Å². The highest BCUT2D eigenvalue weighted by Gasteiger charge is 2.19. The molecule has 1 unspecified atom stereocenters. The lowest BCUT2D eigenvalue weighted by Gasteiger charge is -2.13. The third kappa shape index (κ3) is 5.99. The Morgan fingerprint density at radius 3 is 2.90 bits per heavy atom. The number of benzene rings is 2. The second-order valence-electron chi connectivity index (χ2n) is 9.58. The van der Waals surface area contributed by atoms with Gasteiger partial charge in [-0.05, 0) is 56.4 Å². The number of carbonyl (C=O) groups is 1. The predicted molar refractivity (Wildman–Crippen MR) is 148 cm³/mol. The van der Waals surface area contributed by atoms with Crippen molar-refractivity contribution in [3.63, 3.8) is 0 Å². The number of fused-ring (bicyclic) bond motifs is 1. The van der Waals surface area contributed by atoms with Crippen molar-refractivity contribution >= 4 is 23.3 Å². The van der Waals surface area contributed by atoms with E-state index in [1.807, 2.05) is 31.1 Å². The third-order valence-electron chi connectivity index (χ3n) is 6.43. The molecule has 0 saturated heterocycles. The number of phenols is 1. The molecular formula is C28H30FN7O3.